The summed E-state index contributed by atoms with van der Waals surface area (Å²) in [6.07, 6.45) is 0. The Morgan fingerprint density at radius 2 is 1.65 bits per heavy atom. The van der Waals surface area contributed by atoms with Crippen LogP contribution in [0.3, 0.4) is 0 Å². The van der Waals surface area contributed by atoms with Crippen LogP contribution >= 0.6 is 11.3 Å². The highest BCUT2D eigenvalue weighted by Gasteiger charge is 2.25. The minimum atomic E-state index is -0.886. The SMILES string of the molecule is Cc1ccc2nc(-c3ccc(NC(=O)c4ccc([N+](=O)[O-])c([N+](=O)[O-])c4)cc3)sc2c1. The van der Waals surface area contributed by atoms with Gasteiger partial charge in [0.2, 0.25) is 0 Å². The summed E-state index contributed by atoms with van der Waals surface area (Å²) in [6, 6.07) is 16.1. The molecule has 0 bridgehead atoms. The van der Waals surface area contributed by atoms with Gasteiger partial charge in [-0.25, -0.2) is 4.98 Å². The Balaban J connectivity index is 1.54. The van der Waals surface area contributed by atoms with Crippen LogP contribution in [0.25, 0.3) is 20.8 Å². The number of nitro benzene ring substituents is 2. The highest BCUT2D eigenvalue weighted by molar-refractivity contribution is 7.21. The van der Waals surface area contributed by atoms with Gasteiger partial charge in [-0.3, -0.25) is 25.0 Å². The second-order valence-corrected chi connectivity index (χ2v) is 7.77. The number of thiazole rings is 1. The smallest absolute Gasteiger partial charge is 0.322 e. The first-order valence-corrected chi connectivity index (χ1v) is 9.85. The number of rotatable bonds is 5. The molecule has 4 aromatic rings. The number of nitrogens with one attached hydrogen (secondary N) is 1. The molecule has 10 heteroatoms. The molecule has 0 saturated heterocycles. The third-order valence-electron chi connectivity index (χ3n) is 4.56. The highest BCUT2D eigenvalue weighted by atomic mass is 32.1. The van der Waals surface area contributed by atoms with Crippen molar-refractivity contribution in [1.29, 1.82) is 0 Å². The molecular weight excluding hydrogens is 420 g/mol. The number of fused-ring (bicyclic) bond motifs is 1. The van der Waals surface area contributed by atoms with Crippen LogP contribution in [-0.2, 0) is 0 Å². The van der Waals surface area contributed by atoms with Crippen LogP contribution in [0.5, 0.6) is 0 Å². The van der Waals surface area contributed by atoms with Gasteiger partial charge in [-0.05, 0) is 55.0 Å². The fourth-order valence-electron chi connectivity index (χ4n) is 3.02. The van der Waals surface area contributed by atoms with Gasteiger partial charge in [0, 0.05) is 28.9 Å². The number of hydrogen-bond donors (Lipinski definition) is 1. The summed E-state index contributed by atoms with van der Waals surface area (Å²) in [7, 11) is 0. The Labute approximate surface area is 179 Å². The number of amides is 1. The van der Waals surface area contributed by atoms with E-state index in [0.29, 0.717) is 5.69 Å². The lowest BCUT2D eigenvalue weighted by Gasteiger charge is -2.06. The van der Waals surface area contributed by atoms with Crippen molar-refractivity contribution in [3.63, 3.8) is 0 Å². The van der Waals surface area contributed by atoms with E-state index in [1.54, 1.807) is 23.5 Å². The molecule has 0 aliphatic carbocycles. The maximum atomic E-state index is 12.5. The molecule has 1 heterocycles. The molecule has 4 rings (SSSR count). The van der Waals surface area contributed by atoms with Gasteiger partial charge in [-0.2, -0.15) is 0 Å². The number of carbonyl (C=O) groups excluding carboxylic acids is 1. The molecular formula is C21H14N4O5S. The number of anilines is 1. The van der Waals surface area contributed by atoms with Gasteiger partial charge >= 0.3 is 11.4 Å². The molecule has 9 nitrogen and oxygen atoms in total. The first-order chi connectivity index (χ1) is 14.8. The molecule has 0 aliphatic rings. The van der Waals surface area contributed by atoms with Crippen molar-refractivity contribution in [2.24, 2.45) is 0 Å². The van der Waals surface area contributed by atoms with Crippen LogP contribution in [-0.4, -0.2) is 20.7 Å². The maximum absolute atomic E-state index is 12.5. The minimum absolute atomic E-state index is 0.0529. The Morgan fingerprint density at radius 1 is 0.935 bits per heavy atom. The molecule has 1 amide bonds. The van der Waals surface area contributed by atoms with Crippen molar-refractivity contribution in [2.45, 2.75) is 6.92 Å². The summed E-state index contributed by atoms with van der Waals surface area (Å²) in [5.74, 6) is -0.610. The molecule has 3 aromatic carbocycles. The molecule has 1 N–H and O–H groups in total. The van der Waals surface area contributed by atoms with Gasteiger partial charge in [0.15, 0.2) is 0 Å². The summed E-state index contributed by atoms with van der Waals surface area (Å²) in [4.78, 5) is 37.3. The van der Waals surface area contributed by atoms with Gasteiger partial charge in [0.25, 0.3) is 5.91 Å². The van der Waals surface area contributed by atoms with Gasteiger partial charge in [-0.15, -0.1) is 11.3 Å². The highest BCUT2D eigenvalue weighted by Crippen LogP contribution is 2.32. The average molecular weight is 434 g/mol. The van der Waals surface area contributed by atoms with Crippen molar-refractivity contribution in [3.05, 3.63) is 92.0 Å². The Hall–Kier alpha value is -4.18. The Morgan fingerprint density at radius 3 is 2.32 bits per heavy atom. The minimum Gasteiger partial charge on any atom is -0.322 e. The fraction of sp³-hybridized carbons (Fsp3) is 0.0476. The lowest BCUT2D eigenvalue weighted by molar-refractivity contribution is -0.422. The lowest BCUT2D eigenvalue weighted by atomic mass is 10.1. The predicted molar refractivity (Wildman–Crippen MR) is 117 cm³/mol. The topological polar surface area (TPSA) is 128 Å². The van der Waals surface area contributed by atoms with E-state index in [4.69, 9.17) is 0 Å². The Bertz CT molecular complexity index is 1350. The lowest BCUT2D eigenvalue weighted by Crippen LogP contribution is -2.12. The van der Waals surface area contributed by atoms with Crippen LogP contribution < -0.4 is 5.32 Å². The molecule has 31 heavy (non-hydrogen) atoms. The van der Waals surface area contributed by atoms with E-state index in [2.05, 4.69) is 16.4 Å². The second-order valence-electron chi connectivity index (χ2n) is 6.74. The van der Waals surface area contributed by atoms with Crippen LogP contribution in [0, 0.1) is 27.2 Å². The van der Waals surface area contributed by atoms with Crippen molar-refractivity contribution in [1.82, 2.24) is 4.98 Å². The largest absolute Gasteiger partial charge is 0.346 e. The predicted octanol–water partition coefficient (Wildman–Crippen LogP) is 5.34. The molecule has 0 atom stereocenters. The number of benzene rings is 3. The van der Waals surface area contributed by atoms with Crippen molar-refractivity contribution < 1.29 is 14.6 Å². The van der Waals surface area contributed by atoms with E-state index in [9.17, 15) is 25.0 Å². The number of nitrogens with zero attached hydrogens (tertiary/aromatic N) is 3. The third kappa shape index (κ3) is 4.09. The summed E-state index contributed by atoms with van der Waals surface area (Å²) >= 11 is 1.57. The number of aryl methyl sites for hydroxylation is 1. The zero-order valence-corrected chi connectivity index (χ0v) is 16.9. The maximum Gasteiger partial charge on any atom is 0.346 e. The standard InChI is InChI=1S/C21H14N4O5S/c1-12-2-8-16-19(10-12)31-21(23-16)13-3-6-15(7-4-13)22-20(26)14-5-9-17(24(27)28)18(11-14)25(29)30/h2-11H,1H3,(H,22,26). The van der Waals surface area contributed by atoms with E-state index < -0.39 is 27.1 Å². The number of hydrogen-bond acceptors (Lipinski definition) is 7. The molecule has 0 spiro atoms. The van der Waals surface area contributed by atoms with Crippen LogP contribution in [0.1, 0.15) is 15.9 Å². The quantitative estimate of drug-likeness (QED) is 0.333. The van der Waals surface area contributed by atoms with E-state index in [1.807, 2.05) is 31.2 Å². The van der Waals surface area contributed by atoms with Gasteiger partial charge in [-0.1, -0.05) is 6.07 Å². The molecule has 1 aromatic heterocycles. The third-order valence-corrected chi connectivity index (χ3v) is 5.63. The normalized spacial score (nSPS) is 10.7. The van der Waals surface area contributed by atoms with Crippen molar-refractivity contribution in [2.75, 3.05) is 5.32 Å². The molecule has 0 unspecified atom stereocenters. The van der Waals surface area contributed by atoms with Gasteiger partial charge < -0.3 is 5.32 Å². The monoisotopic (exact) mass is 434 g/mol. The van der Waals surface area contributed by atoms with Crippen molar-refractivity contribution >= 4 is 44.5 Å². The fourth-order valence-corrected chi connectivity index (χ4v) is 4.09. The zero-order chi connectivity index (χ0) is 22.1. The van der Waals surface area contributed by atoms with Gasteiger partial charge in [0.05, 0.1) is 20.1 Å². The van der Waals surface area contributed by atoms with Crippen LogP contribution in [0.2, 0.25) is 0 Å². The molecule has 0 saturated carbocycles. The van der Waals surface area contributed by atoms with E-state index in [0.717, 1.165) is 38.5 Å². The van der Waals surface area contributed by atoms with E-state index >= 15 is 0 Å². The van der Waals surface area contributed by atoms with Crippen molar-refractivity contribution in [3.8, 4) is 10.6 Å². The summed E-state index contributed by atoms with van der Waals surface area (Å²) in [5, 5.41) is 25.5. The number of nitro groups is 2. The average Bonchev–Trinajstić information content (AvgIpc) is 3.16. The number of carbonyl (C=O) groups is 1. The summed E-state index contributed by atoms with van der Waals surface area (Å²) in [6.45, 7) is 2.02. The van der Waals surface area contributed by atoms with Crippen LogP contribution in [0.15, 0.2) is 60.7 Å². The summed E-state index contributed by atoms with van der Waals surface area (Å²) in [5.41, 5.74) is 1.99. The van der Waals surface area contributed by atoms with Gasteiger partial charge in [0.1, 0.15) is 5.01 Å². The molecule has 0 radical (unpaired) electrons. The van der Waals surface area contributed by atoms with E-state index in [1.165, 1.54) is 6.07 Å². The van der Waals surface area contributed by atoms with E-state index in [-0.39, 0.29) is 5.56 Å². The first kappa shape index (κ1) is 20.1. The van der Waals surface area contributed by atoms with Crippen LogP contribution in [0.4, 0.5) is 17.1 Å². The first-order valence-electron chi connectivity index (χ1n) is 9.03. The molecule has 0 aliphatic heterocycles. The molecule has 0 fully saturated rings. The zero-order valence-electron chi connectivity index (χ0n) is 16.1. The second kappa shape index (κ2) is 7.92. The number of aromatic nitrogens is 1. The molecule has 154 valence electrons. The Kier molecular flexibility index (Phi) is 5.14. The summed E-state index contributed by atoms with van der Waals surface area (Å²) < 4.78 is 1.09.